The zero-order valence-electron chi connectivity index (χ0n) is 8.83. The molecule has 1 aromatic carbocycles. The van der Waals surface area contributed by atoms with Crippen molar-refractivity contribution >= 4 is 5.69 Å². The molecule has 2 heteroatoms. The van der Waals surface area contributed by atoms with Gasteiger partial charge < -0.3 is 10.5 Å². The van der Waals surface area contributed by atoms with Crippen LogP contribution in [0, 0.1) is 0 Å². The van der Waals surface area contributed by atoms with Gasteiger partial charge in [-0.05, 0) is 18.6 Å². The largest absolute Gasteiger partial charge is 0.491 e. The minimum atomic E-state index is 0.725. The molecule has 0 atom stereocenters. The molecule has 0 aliphatic carbocycles. The fourth-order valence-electron chi connectivity index (χ4n) is 1.32. The van der Waals surface area contributed by atoms with E-state index in [-0.39, 0.29) is 0 Å². The third-order valence-corrected chi connectivity index (χ3v) is 2.17. The van der Waals surface area contributed by atoms with Crippen molar-refractivity contribution < 1.29 is 4.74 Å². The first-order valence-electron chi connectivity index (χ1n) is 5.32. The van der Waals surface area contributed by atoms with E-state index in [4.69, 9.17) is 10.5 Å². The highest BCUT2D eigenvalue weighted by Gasteiger charge is 1.97. The van der Waals surface area contributed by atoms with E-state index in [0.717, 1.165) is 24.5 Å². The van der Waals surface area contributed by atoms with Gasteiger partial charge in [0.05, 0.1) is 12.3 Å². The average molecular weight is 193 g/mol. The van der Waals surface area contributed by atoms with E-state index in [0.29, 0.717) is 0 Å². The topological polar surface area (TPSA) is 35.2 Å². The number of nitrogens with two attached hydrogens (primary N) is 1. The maximum Gasteiger partial charge on any atom is 0.142 e. The smallest absolute Gasteiger partial charge is 0.142 e. The van der Waals surface area contributed by atoms with E-state index < -0.39 is 0 Å². The van der Waals surface area contributed by atoms with Gasteiger partial charge in [0.1, 0.15) is 5.75 Å². The average Bonchev–Trinajstić information content (AvgIpc) is 2.20. The summed E-state index contributed by atoms with van der Waals surface area (Å²) >= 11 is 0. The fourth-order valence-corrected chi connectivity index (χ4v) is 1.32. The molecule has 0 bridgehead atoms. The normalized spacial score (nSPS) is 10.1. The van der Waals surface area contributed by atoms with Gasteiger partial charge in [-0.2, -0.15) is 0 Å². The van der Waals surface area contributed by atoms with E-state index in [9.17, 15) is 0 Å². The molecule has 0 fully saturated rings. The summed E-state index contributed by atoms with van der Waals surface area (Å²) in [6.45, 7) is 2.98. The summed E-state index contributed by atoms with van der Waals surface area (Å²) in [7, 11) is 0. The highest BCUT2D eigenvalue weighted by molar-refractivity contribution is 5.51. The second-order valence-corrected chi connectivity index (χ2v) is 3.45. The Morgan fingerprint density at radius 2 is 1.93 bits per heavy atom. The molecule has 2 nitrogen and oxygen atoms in total. The van der Waals surface area contributed by atoms with Crippen LogP contribution in [-0.2, 0) is 0 Å². The van der Waals surface area contributed by atoms with Gasteiger partial charge in [-0.25, -0.2) is 0 Å². The number of unbranched alkanes of at least 4 members (excludes halogenated alkanes) is 3. The first-order valence-corrected chi connectivity index (χ1v) is 5.32. The van der Waals surface area contributed by atoms with E-state index in [2.05, 4.69) is 6.92 Å². The first kappa shape index (κ1) is 10.9. The summed E-state index contributed by atoms with van der Waals surface area (Å²) < 4.78 is 5.56. The van der Waals surface area contributed by atoms with Crippen LogP contribution in [0.1, 0.15) is 32.6 Å². The Hall–Kier alpha value is -1.18. The summed E-state index contributed by atoms with van der Waals surface area (Å²) in [4.78, 5) is 0. The third-order valence-electron chi connectivity index (χ3n) is 2.17. The molecule has 0 radical (unpaired) electrons. The molecular weight excluding hydrogens is 174 g/mol. The van der Waals surface area contributed by atoms with Crippen LogP contribution in [0.2, 0.25) is 0 Å². The lowest BCUT2D eigenvalue weighted by atomic mass is 10.2. The van der Waals surface area contributed by atoms with Crippen molar-refractivity contribution in [2.45, 2.75) is 32.6 Å². The Labute approximate surface area is 86.1 Å². The van der Waals surface area contributed by atoms with Gasteiger partial charge in [0.2, 0.25) is 0 Å². The van der Waals surface area contributed by atoms with Gasteiger partial charge in [0.15, 0.2) is 0 Å². The Bertz CT molecular complexity index is 260. The number of benzene rings is 1. The second-order valence-electron chi connectivity index (χ2n) is 3.45. The van der Waals surface area contributed by atoms with E-state index in [1.54, 1.807) is 0 Å². The maximum atomic E-state index is 5.74. The lowest BCUT2D eigenvalue weighted by molar-refractivity contribution is 0.306. The van der Waals surface area contributed by atoms with Crippen LogP contribution in [-0.4, -0.2) is 6.61 Å². The van der Waals surface area contributed by atoms with Crippen LogP contribution >= 0.6 is 0 Å². The number of nitrogen functional groups attached to an aromatic ring is 1. The second kappa shape index (κ2) is 6.30. The minimum Gasteiger partial charge on any atom is -0.491 e. The molecule has 78 valence electrons. The van der Waals surface area contributed by atoms with Crippen LogP contribution in [0.25, 0.3) is 0 Å². The maximum absolute atomic E-state index is 5.74. The molecule has 0 aliphatic heterocycles. The summed E-state index contributed by atoms with van der Waals surface area (Å²) in [6.07, 6.45) is 4.90. The van der Waals surface area contributed by atoms with E-state index in [1.807, 2.05) is 24.3 Å². The standard InChI is InChI=1S/C12H19NO/c1-2-3-4-7-10-14-12-9-6-5-8-11(12)13/h5-6,8-9H,2-4,7,10,13H2,1H3. The van der Waals surface area contributed by atoms with Gasteiger partial charge in [-0.15, -0.1) is 0 Å². The molecule has 1 rings (SSSR count). The van der Waals surface area contributed by atoms with E-state index in [1.165, 1.54) is 19.3 Å². The third kappa shape index (κ3) is 3.69. The SMILES string of the molecule is CCCCCCOc1ccccc1N. The van der Waals surface area contributed by atoms with Crippen LogP contribution < -0.4 is 10.5 Å². The highest BCUT2D eigenvalue weighted by Crippen LogP contribution is 2.19. The lowest BCUT2D eigenvalue weighted by Gasteiger charge is -2.07. The first-order chi connectivity index (χ1) is 6.84. The Kier molecular flexibility index (Phi) is 4.90. The number of hydrogen-bond donors (Lipinski definition) is 1. The zero-order chi connectivity index (χ0) is 10.2. The number of rotatable bonds is 6. The molecule has 0 aliphatic rings. The van der Waals surface area contributed by atoms with Gasteiger partial charge >= 0.3 is 0 Å². The molecule has 0 spiro atoms. The van der Waals surface area contributed by atoms with Crippen molar-refractivity contribution in [3.63, 3.8) is 0 Å². The van der Waals surface area contributed by atoms with Crippen molar-refractivity contribution in [2.24, 2.45) is 0 Å². The van der Waals surface area contributed by atoms with Crippen LogP contribution in [0.5, 0.6) is 5.75 Å². The highest BCUT2D eigenvalue weighted by atomic mass is 16.5. The predicted octanol–water partition coefficient (Wildman–Crippen LogP) is 3.23. The van der Waals surface area contributed by atoms with Crippen molar-refractivity contribution in [1.82, 2.24) is 0 Å². The number of ether oxygens (including phenoxy) is 1. The molecular formula is C12H19NO. The Morgan fingerprint density at radius 3 is 2.64 bits per heavy atom. The molecule has 0 aromatic heterocycles. The Balaban J connectivity index is 2.21. The van der Waals surface area contributed by atoms with Gasteiger partial charge in [0, 0.05) is 0 Å². The van der Waals surface area contributed by atoms with Crippen molar-refractivity contribution in [3.05, 3.63) is 24.3 Å². The molecule has 0 saturated heterocycles. The summed E-state index contributed by atoms with van der Waals surface area (Å²) in [5, 5.41) is 0. The molecule has 0 amide bonds. The predicted molar refractivity (Wildman–Crippen MR) is 60.5 cm³/mol. The molecule has 1 aromatic rings. The zero-order valence-corrected chi connectivity index (χ0v) is 8.83. The van der Waals surface area contributed by atoms with Crippen molar-refractivity contribution in [1.29, 1.82) is 0 Å². The molecule has 14 heavy (non-hydrogen) atoms. The fraction of sp³-hybridized carbons (Fsp3) is 0.500. The lowest BCUT2D eigenvalue weighted by Crippen LogP contribution is -1.99. The van der Waals surface area contributed by atoms with Crippen molar-refractivity contribution in [3.8, 4) is 5.75 Å². The van der Waals surface area contributed by atoms with Gasteiger partial charge in [-0.1, -0.05) is 38.3 Å². The van der Waals surface area contributed by atoms with Crippen molar-refractivity contribution in [2.75, 3.05) is 12.3 Å². The monoisotopic (exact) mass is 193 g/mol. The van der Waals surface area contributed by atoms with Crippen LogP contribution in [0.3, 0.4) is 0 Å². The summed E-state index contributed by atoms with van der Waals surface area (Å²) in [5.74, 6) is 0.809. The summed E-state index contributed by atoms with van der Waals surface area (Å²) in [5.41, 5.74) is 6.46. The van der Waals surface area contributed by atoms with Crippen LogP contribution in [0.4, 0.5) is 5.69 Å². The van der Waals surface area contributed by atoms with Gasteiger partial charge in [0.25, 0.3) is 0 Å². The molecule has 0 unspecified atom stereocenters. The van der Waals surface area contributed by atoms with Gasteiger partial charge in [-0.3, -0.25) is 0 Å². The quantitative estimate of drug-likeness (QED) is 0.556. The number of anilines is 1. The minimum absolute atomic E-state index is 0.725. The molecule has 0 saturated carbocycles. The number of para-hydroxylation sites is 2. The Morgan fingerprint density at radius 1 is 1.14 bits per heavy atom. The molecule has 0 heterocycles. The number of hydrogen-bond acceptors (Lipinski definition) is 2. The molecule has 2 N–H and O–H groups in total. The van der Waals surface area contributed by atoms with Crippen LogP contribution in [0.15, 0.2) is 24.3 Å². The summed E-state index contributed by atoms with van der Waals surface area (Å²) in [6, 6.07) is 7.63. The van der Waals surface area contributed by atoms with E-state index >= 15 is 0 Å².